The lowest BCUT2D eigenvalue weighted by atomic mass is 10.1. The van der Waals surface area contributed by atoms with E-state index in [1.165, 1.54) is 5.56 Å². The molecule has 0 aromatic heterocycles. The largest absolute Gasteiger partial charge is 0.337 e. The molecule has 2 aromatic rings. The zero-order chi connectivity index (χ0) is 13.7. The van der Waals surface area contributed by atoms with E-state index in [0.29, 0.717) is 6.54 Å². The molecule has 0 saturated carbocycles. The number of aryl methyl sites for hydroxylation is 1. The van der Waals surface area contributed by atoms with Crippen molar-refractivity contribution in [3.8, 4) is 0 Å². The van der Waals surface area contributed by atoms with E-state index in [1.54, 1.807) is 4.90 Å². The highest BCUT2D eigenvalue weighted by Crippen LogP contribution is 2.11. The molecular formula is C17H19NO. The Morgan fingerprint density at radius 2 is 1.68 bits per heavy atom. The summed E-state index contributed by atoms with van der Waals surface area (Å²) in [6.07, 6.45) is 0.948. The lowest BCUT2D eigenvalue weighted by Gasteiger charge is -2.17. The lowest BCUT2D eigenvalue weighted by molar-refractivity contribution is 0.0785. The van der Waals surface area contributed by atoms with Gasteiger partial charge in [0.25, 0.3) is 5.91 Å². The van der Waals surface area contributed by atoms with Crippen LogP contribution < -0.4 is 0 Å². The minimum Gasteiger partial charge on any atom is -0.337 e. The third-order valence-electron chi connectivity index (χ3n) is 3.19. The number of rotatable bonds is 4. The molecule has 0 bridgehead atoms. The Kier molecular flexibility index (Phi) is 4.35. The minimum absolute atomic E-state index is 0.0687. The summed E-state index contributed by atoms with van der Waals surface area (Å²) in [5, 5.41) is 0. The number of nitrogens with zero attached hydrogens (tertiary/aromatic N) is 1. The summed E-state index contributed by atoms with van der Waals surface area (Å²) in [6, 6.07) is 17.9. The molecule has 0 heterocycles. The molecule has 2 rings (SSSR count). The molecule has 0 N–H and O–H groups in total. The van der Waals surface area contributed by atoms with Crippen LogP contribution in [0.2, 0.25) is 0 Å². The van der Waals surface area contributed by atoms with Crippen LogP contribution in [0.15, 0.2) is 54.6 Å². The van der Waals surface area contributed by atoms with Gasteiger partial charge >= 0.3 is 0 Å². The molecule has 98 valence electrons. The van der Waals surface area contributed by atoms with Crippen LogP contribution >= 0.6 is 0 Å². The van der Waals surface area contributed by atoms with Crippen LogP contribution in [0.5, 0.6) is 0 Å². The molecule has 2 nitrogen and oxygen atoms in total. The minimum atomic E-state index is 0.0687. The summed E-state index contributed by atoms with van der Waals surface area (Å²) in [7, 11) is 1.84. The van der Waals surface area contributed by atoms with Gasteiger partial charge in [0.05, 0.1) is 0 Å². The fourth-order valence-corrected chi connectivity index (χ4v) is 2.07. The molecule has 0 aliphatic carbocycles. The average Bonchev–Trinajstić information content (AvgIpc) is 2.47. The molecule has 0 spiro atoms. The first-order valence-electron chi connectivity index (χ1n) is 6.59. The molecule has 0 atom stereocenters. The highest BCUT2D eigenvalue weighted by atomic mass is 16.2. The van der Waals surface area contributed by atoms with E-state index in [0.717, 1.165) is 17.5 Å². The monoisotopic (exact) mass is 253 g/mol. The van der Waals surface area contributed by atoms with Crippen LogP contribution in [0, 0.1) is 0 Å². The van der Waals surface area contributed by atoms with Gasteiger partial charge in [0.2, 0.25) is 0 Å². The second kappa shape index (κ2) is 6.19. The average molecular weight is 253 g/mol. The molecule has 0 aliphatic heterocycles. The predicted molar refractivity (Wildman–Crippen MR) is 78.1 cm³/mol. The smallest absolute Gasteiger partial charge is 0.253 e. The first-order chi connectivity index (χ1) is 9.20. The van der Waals surface area contributed by atoms with Gasteiger partial charge in [0.1, 0.15) is 0 Å². The Hall–Kier alpha value is -2.09. The van der Waals surface area contributed by atoms with Gasteiger partial charge in [-0.15, -0.1) is 0 Å². The van der Waals surface area contributed by atoms with Gasteiger partial charge in [-0.1, -0.05) is 49.4 Å². The van der Waals surface area contributed by atoms with Crippen molar-refractivity contribution < 1.29 is 4.79 Å². The molecule has 0 aliphatic rings. The number of hydrogen-bond donors (Lipinski definition) is 0. The SMILES string of the molecule is CCc1cccc(C(=O)N(C)Cc2ccccc2)c1. The maximum absolute atomic E-state index is 12.3. The fraction of sp³-hybridized carbons (Fsp3) is 0.235. The third kappa shape index (κ3) is 3.44. The highest BCUT2D eigenvalue weighted by molar-refractivity contribution is 5.94. The predicted octanol–water partition coefficient (Wildman–Crippen LogP) is 3.52. The molecule has 2 heteroatoms. The summed E-state index contributed by atoms with van der Waals surface area (Å²) in [4.78, 5) is 14.1. The lowest BCUT2D eigenvalue weighted by Crippen LogP contribution is -2.26. The van der Waals surface area contributed by atoms with Crippen LogP contribution in [-0.4, -0.2) is 17.9 Å². The van der Waals surface area contributed by atoms with Crippen molar-refractivity contribution >= 4 is 5.91 Å². The third-order valence-corrected chi connectivity index (χ3v) is 3.19. The Balaban J connectivity index is 2.10. The molecule has 19 heavy (non-hydrogen) atoms. The van der Waals surface area contributed by atoms with Crippen molar-refractivity contribution in [2.45, 2.75) is 19.9 Å². The van der Waals surface area contributed by atoms with Gasteiger partial charge < -0.3 is 4.90 Å². The number of amides is 1. The standard InChI is InChI=1S/C17H19NO/c1-3-14-10-7-11-16(12-14)17(19)18(2)13-15-8-5-4-6-9-15/h4-12H,3,13H2,1-2H3. The van der Waals surface area contributed by atoms with Gasteiger partial charge in [0.15, 0.2) is 0 Å². The first-order valence-corrected chi connectivity index (χ1v) is 6.59. The summed E-state index contributed by atoms with van der Waals surface area (Å²) in [5.74, 6) is 0.0687. The maximum Gasteiger partial charge on any atom is 0.253 e. The van der Waals surface area contributed by atoms with Crippen molar-refractivity contribution in [3.05, 3.63) is 71.3 Å². The Morgan fingerprint density at radius 1 is 1.00 bits per heavy atom. The molecule has 1 amide bonds. The number of carbonyl (C=O) groups excluding carboxylic acids is 1. The van der Waals surface area contributed by atoms with Crippen LogP contribution in [0.4, 0.5) is 0 Å². The van der Waals surface area contributed by atoms with Crippen molar-refractivity contribution in [2.75, 3.05) is 7.05 Å². The van der Waals surface area contributed by atoms with E-state index in [2.05, 4.69) is 6.92 Å². The molecular weight excluding hydrogens is 234 g/mol. The number of carbonyl (C=O) groups is 1. The molecule has 0 unspecified atom stereocenters. The fourth-order valence-electron chi connectivity index (χ4n) is 2.07. The summed E-state index contributed by atoms with van der Waals surface area (Å²) < 4.78 is 0. The topological polar surface area (TPSA) is 20.3 Å². The Bertz CT molecular complexity index is 548. The van der Waals surface area contributed by atoms with Crippen molar-refractivity contribution in [2.24, 2.45) is 0 Å². The highest BCUT2D eigenvalue weighted by Gasteiger charge is 2.11. The van der Waals surface area contributed by atoms with Crippen molar-refractivity contribution in [3.63, 3.8) is 0 Å². The van der Waals surface area contributed by atoms with E-state index in [9.17, 15) is 4.79 Å². The van der Waals surface area contributed by atoms with Crippen molar-refractivity contribution in [1.29, 1.82) is 0 Å². The van der Waals surface area contributed by atoms with Gasteiger partial charge in [-0.3, -0.25) is 4.79 Å². The number of hydrogen-bond acceptors (Lipinski definition) is 1. The second-order valence-corrected chi connectivity index (χ2v) is 4.70. The van der Waals surface area contributed by atoms with Crippen molar-refractivity contribution in [1.82, 2.24) is 4.90 Å². The summed E-state index contributed by atoms with van der Waals surface area (Å²) in [6.45, 7) is 2.73. The van der Waals surface area contributed by atoms with E-state index in [-0.39, 0.29) is 5.91 Å². The van der Waals surface area contributed by atoms with E-state index >= 15 is 0 Å². The van der Waals surface area contributed by atoms with Gasteiger partial charge in [-0.05, 0) is 29.7 Å². The van der Waals surface area contributed by atoms with Crippen LogP contribution in [0.3, 0.4) is 0 Å². The normalized spacial score (nSPS) is 10.2. The van der Waals surface area contributed by atoms with Gasteiger partial charge in [-0.2, -0.15) is 0 Å². The maximum atomic E-state index is 12.3. The van der Waals surface area contributed by atoms with Gasteiger partial charge in [0, 0.05) is 19.2 Å². The molecule has 0 fully saturated rings. The summed E-state index contributed by atoms with van der Waals surface area (Å²) in [5.41, 5.74) is 3.10. The molecule has 0 radical (unpaired) electrons. The number of benzene rings is 2. The summed E-state index contributed by atoms with van der Waals surface area (Å²) >= 11 is 0. The first kappa shape index (κ1) is 13.3. The van der Waals surface area contributed by atoms with E-state index < -0.39 is 0 Å². The zero-order valence-corrected chi connectivity index (χ0v) is 11.5. The van der Waals surface area contributed by atoms with Crippen LogP contribution in [0.25, 0.3) is 0 Å². The second-order valence-electron chi connectivity index (χ2n) is 4.70. The van der Waals surface area contributed by atoms with E-state index in [4.69, 9.17) is 0 Å². The van der Waals surface area contributed by atoms with E-state index in [1.807, 2.05) is 61.6 Å². The van der Waals surface area contributed by atoms with Crippen LogP contribution in [-0.2, 0) is 13.0 Å². The Morgan fingerprint density at radius 3 is 2.37 bits per heavy atom. The molecule has 0 saturated heterocycles. The van der Waals surface area contributed by atoms with Crippen LogP contribution in [0.1, 0.15) is 28.4 Å². The quantitative estimate of drug-likeness (QED) is 0.816. The zero-order valence-electron chi connectivity index (χ0n) is 11.5. The van der Waals surface area contributed by atoms with Gasteiger partial charge in [-0.25, -0.2) is 0 Å². The Labute approximate surface area is 114 Å². The molecule has 2 aromatic carbocycles.